The maximum Gasteiger partial charge on any atom is 0.247 e. The van der Waals surface area contributed by atoms with Gasteiger partial charge in [-0.1, -0.05) is 11.6 Å². The highest BCUT2D eigenvalue weighted by molar-refractivity contribution is 6.36. The average molecular weight is 535 g/mol. The van der Waals surface area contributed by atoms with Gasteiger partial charge in [-0.15, -0.1) is 5.10 Å². The topological polar surface area (TPSA) is 159 Å². The summed E-state index contributed by atoms with van der Waals surface area (Å²) in [6, 6.07) is 8.34. The van der Waals surface area contributed by atoms with Gasteiger partial charge in [0.15, 0.2) is 17.2 Å². The monoisotopic (exact) mass is 534 g/mol. The minimum Gasteiger partial charge on any atom is -0.389 e. The summed E-state index contributed by atoms with van der Waals surface area (Å²) in [7, 11) is 0. The summed E-state index contributed by atoms with van der Waals surface area (Å²) in [5.41, 5.74) is 2.48. The number of anilines is 4. The van der Waals surface area contributed by atoms with E-state index in [1.165, 1.54) is 10.7 Å². The lowest BCUT2D eigenvalue weighted by atomic mass is 10.0. The smallest absolute Gasteiger partial charge is 0.247 e. The standard InChI is InChI=1S/C25H27ClN10O2/c26-22-18(32-25-33-23(31-15-1-2-15)24-29-11-17(10-28)36(24)34-25)7-14(9-27)8-20(22)35-5-3-16(4-6-35)30-19-12-38-13-21(19)37/h7-8,11,15-16,19,21,30,37H,1-6,12-13H2,(H2,31,32,33,34)/t19-,21-/m0/s1. The first-order valence-electron chi connectivity index (χ1n) is 12.7. The fraction of sp³-hybridized carbons (Fsp3) is 0.480. The Hall–Kier alpha value is -3.68. The molecule has 3 fully saturated rings. The SMILES string of the molecule is N#Cc1cc(Nc2nc(NC3CC3)c3ncc(C#N)n3n2)c(Cl)c(N2CCC(N[C@H]3COC[C@@H]3O)CC2)c1. The van der Waals surface area contributed by atoms with Crippen molar-refractivity contribution in [3.8, 4) is 12.1 Å². The minimum absolute atomic E-state index is 0.0402. The first-order chi connectivity index (χ1) is 18.5. The van der Waals surface area contributed by atoms with E-state index in [0.29, 0.717) is 47.0 Å². The maximum atomic E-state index is 10.0. The number of halogens is 1. The van der Waals surface area contributed by atoms with E-state index < -0.39 is 6.10 Å². The number of hydrogen-bond donors (Lipinski definition) is 4. The van der Waals surface area contributed by atoms with E-state index in [0.717, 1.165) is 44.5 Å². The maximum absolute atomic E-state index is 10.0. The van der Waals surface area contributed by atoms with Crippen LogP contribution in [0.15, 0.2) is 18.3 Å². The highest BCUT2D eigenvalue weighted by atomic mass is 35.5. The van der Waals surface area contributed by atoms with Crippen molar-refractivity contribution in [3.63, 3.8) is 0 Å². The molecule has 1 saturated carbocycles. The molecular weight excluding hydrogens is 508 g/mol. The van der Waals surface area contributed by atoms with Gasteiger partial charge in [0.25, 0.3) is 0 Å². The third-order valence-corrected chi connectivity index (χ3v) is 7.56. The molecule has 1 aromatic carbocycles. The van der Waals surface area contributed by atoms with E-state index in [4.69, 9.17) is 16.3 Å². The zero-order valence-electron chi connectivity index (χ0n) is 20.6. The number of piperidine rings is 1. The lowest BCUT2D eigenvalue weighted by Crippen LogP contribution is -2.49. The summed E-state index contributed by atoms with van der Waals surface area (Å²) < 4.78 is 6.80. The second kappa shape index (κ2) is 10.2. The summed E-state index contributed by atoms with van der Waals surface area (Å²) >= 11 is 6.88. The Labute approximate surface area is 224 Å². The first kappa shape index (κ1) is 24.6. The highest BCUT2D eigenvalue weighted by Crippen LogP contribution is 2.37. The number of benzene rings is 1. The van der Waals surface area contributed by atoms with Crippen molar-refractivity contribution in [2.75, 3.05) is 41.8 Å². The van der Waals surface area contributed by atoms with Gasteiger partial charge in [0, 0.05) is 25.2 Å². The molecule has 4 heterocycles. The van der Waals surface area contributed by atoms with E-state index >= 15 is 0 Å². The molecule has 6 rings (SSSR count). The molecule has 0 unspecified atom stereocenters. The summed E-state index contributed by atoms with van der Waals surface area (Å²) in [6.07, 6.45) is 4.82. The first-order valence-corrected chi connectivity index (χ1v) is 13.1. The van der Waals surface area contributed by atoms with Gasteiger partial charge in [0.2, 0.25) is 5.95 Å². The normalized spacial score (nSPS) is 21.8. The van der Waals surface area contributed by atoms with Crippen LogP contribution in [0.5, 0.6) is 0 Å². The predicted molar refractivity (Wildman–Crippen MR) is 141 cm³/mol. The number of fused-ring (bicyclic) bond motifs is 1. The zero-order valence-corrected chi connectivity index (χ0v) is 21.3. The van der Waals surface area contributed by atoms with Gasteiger partial charge in [-0.25, -0.2) is 4.98 Å². The molecule has 0 amide bonds. The largest absolute Gasteiger partial charge is 0.389 e. The summed E-state index contributed by atoms with van der Waals surface area (Å²) in [5.74, 6) is 0.768. The quantitative estimate of drug-likeness (QED) is 0.351. The van der Waals surface area contributed by atoms with Crippen molar-refractivity contribution in [1.29, 1.82) is 10.5 Å². The molecule has 2 saturated heterocycles. The van der Waals surface area contributed by atoms with Crippen molar-refractivity contribution in [3.05, 3.63) is 34.6 Å². The number of imidazole rings is 1. The number of nitrogens with zero attached hydrogens (tertiary/aromatic N) is 7. The van der Waals surface area contributed by atoms with E-state index in [1.54, 1.807) is 12.1 Å². The van der Waals surface area contributed by atoms with Crippen molar-refractivity contribution in [1.82, 2.24) is 24.9 Å². The van der Waals surface area contributed by atoms with Crippen LogP contribution < -0.4 is 20.9 Å². The fourth-order valence-corrected chi connectivity index (χ4v) is 5.21. The van der Waals surface area contributed by atoms with E-state index in [9.17, 15) is 15.6 Å². The number of rotatable bonds is 7. The molecule has 38 heavy (non-hydrogen) atoms. The minimum atomic E-state index is -0.476. The van der Waals surface area contributed by atoms with Gasteiger partial charge in [-0.2, -0.15) is 20.0 Å². The third kappa shape index (κ3) is 4.91. The Morgan fingerprint density at radius 3 is 2.58 bits per heavy atom. The molecule has 3 aromatic rings. The predicted octanol–water partition coefficient (Wildman–Crippen LogP) is 2.16. The molecule has 2 aliphatic heterocycles. The summed E-state index contributed by atoms with van der Waals surface area (Å²) in [4.78, 5) is 11.1. The number of nitriles is 2. The molecule has 4 N–H and O–H groups in total. The lowest BCUT2D eigenvalue weighted by molar-refractivity contribution is 0.120. The summed E-state index contributed by atoms with van der Waals surface area (Å²) in [6.45, 7) is 2.38. The molecule has 1 aliphatic carbocycles. The molecular formula is C25H27ClN10O2. The number of aliphatic hydroxyl groups is 1. The van der Waals surface area contributed by atoms with E-state index in [2.05, 4.69) is 48.1 Å². The number of ether oxygens (including phenoxy) is 1. The second-order valence-electron chi connectivity index (χ2n) is 9.93. The number of aromatic nitrogens is 4. The number of hydrogen-bond acceptors (Lipinski definition) is 11. The Morgan fingerprint density at radius 2 is 1.89 bits per heavy atom. The molecule has 13 heteroatoms. The number of aliphatic hydroxyl groups excluding tert-OH is 1. The Morgan fingerprint density at radius 1 is 1.08 bits per heavy atom. The average Bonchev–Trinajstić information content (AvgIpc) is 3.50. The molecule has 196 valence electrons. The highest BCUT2D eigenvalue weighted by Gasteiger charge is 2.30. The zero-order chi connectivity index (χ0) is 26.2. The molecule has 2 aromatic heterocycles. The van der Waals surface area contributed by atoms with Crippen LogP contribution in [-0.2, 0) is 4.74 Å². The molecule has 3 aliphatic rings. The fourth-order valence-electron chi connectivity index (χ4n) is 4.94. The van der Waals surface area contributed by atoms with Gasteiger partial charge in [0.05, 0.1) is 59.6 Å². The molecule has 12 nitrogen and oxygen atoms in total. The molecule has 0 spiro atoms. The van der Waals surface area contributed by atoms with Crippen molar-refractivity contribution in [2.24, 2.45) is 0 Å². The number of nitrogens with one attached hydrogen (secondary N) is 3. The van der Waals surface area contributed by atoms with Crippen LogP contribution in [0.2, 0.25) is 5.02 Å². The van der Waals surface area contributed by atoms with Gasteiger partial charge in [-0.3, -0.25) is 0 Å². The van der Waals surface area contributed by atoms with Gasteiger partial charge in [-0.05, 0) is 37.8 Å². The van der Waals surface area contributed by atoms with Crippen LogP contribution in [0.1, 0.15) is 36.9 Å². The Balaban J connectivity index is 1.24. The van der Waals surface area contributed by atoms with Crippen LogP contribution in [0.4, 0.5) is 23.1 Å². The molecule has 2 atom stereocenters. The molecule has 0 radical (unpaired) electrons. The van der Waals surface area contributed by atoms with Crippen molar-refractivity contribution in [2.45, 2.75) is 49.9 Å². The second-order valence-corrected chi connectivity index (χ2v) is 10.3. The van der Waals surface area contributed by atoms with E-state index in [1.807, 2.05) is 0 Å². The van der Waals surface area contributed by atoms with Crippen molar-refractivity contribution >= 4 is 40.4 Å². The van der Waals surface area contributed by atoms with Crippen LogP contribution in [-0.4, -0.2) is 75.2 Å². The molecule has 0 bridgehead atoms. The Kier molecular flexibility index (Phi) is 6.64. The van der Waals surface area contributed by atoms with Crippen LogP contribution in [0, 0.1) is 22.7 Å². The van der Waals surface area contributed by atoms with Gasteiger partial charge < -0.3 is 30.7 Å². The Bertz CT molecular complexity index is 1430. The van der Waals surface area contributed by atoms with Crippen LogP contribution in [0.3, 0.4) is 0 Å². The van der Waals surface area contributed by atoms with Gasteiger partial charge >= 0.3 is 0 Å². The van der Waals surface area contributed by atoms with Gasteiger partial charge in [0.1, 0.15) is 6.07 Å². The third-order valence-electron chi connectivity index (χ3n) is 7.16. The lowest BCUT2D eigenvalue weighted by Gasteiger charge is -2.36. The van der Waals surface area contributed by atoms with Crippen LogP contribution >= 0.6 is 11.6 Å². The summed E-state index contributed by atoms with van der Waals surface area (Å²) in [5, 5.41) is 44.2. The van der Waals surface area contributed by atoms with E-state index in [-0.39, 0.29) is 23.7 Å². The van der Waals surface area contributed by atoms with Crippen molar-refractivity contribution < 1.29 is 9.84 Å². The van der Waals surface area contributed by atoms with Crippen LogP contribution in [0.25, 0.3) is 5.65 Å².